The normalized spacial score (nSPS) is 25.5. The molecule has 1 atom stereocenters. The first-order valence-corrected chi connectivity index (χ1v) is 7.50. The van der Waals surface area contributed by atoms with Gasteiger partial charge >= 0.3 is 0 Å². The Kier molecular flexibility index (Phi) is 3.61. The summed E-state index contributed by atoms with van der Waals surface area (Å²) in [6, 6.07) is 0. The SMILES string of the molecule is CNC(=O)[C@]1(c2cnccn2)CCCN1C(=O)C1CCC1. The second-order valence-corrected chi connectivity index (χ2v) is 5.75. The molecule has 1 saturated carbocycles. The Hall–Kier alpha value is -1.98. The zero-order valence-corrected chi connectivity index (χ0v) is 12.2. The molecule has 1 aromatic heterocycles. The van der Waals surface area contributed by atoms with Crippen molar-refractivity contribution in [1.82, 2.24) is 20.2 Å². The third-order valence-electron chi connectivity index (χ3n) is 4.69. The van der Waals surface area contributed by atoms with Crippen molar-refractivity contribution in [3.8, 4) is 0 Å². The van der Waals surface area contributed by atoms with Gasteiger partial charge in [0, 0.05) is 31.9 Å². The van der Waals surface area contributed by atoms with Crippen LogP contribution in [0.2, 0.25) is 0 Å². The number of hydrogen-bond donors (Lipinski definition) is 1. The van der Waals surface area contributed by atoms with Crippen LogP contribution in [0.3, 0.4) is 0 Å². The first-order chi connectivity index (χ1) is 10.2. The summed E-state index contributed by atoms with van der Waals surface area (Å²) < 4.78 is 0. The topological polar surface area (TPSA) is 75.2 Å². The average molecular weight is 288 g/mol. The third kappa shape index (κ3) is 2.09. The monoisotopic (exact) mass is 288 g/mol. The van der Waals surface area contributed by atoms with E-state index in [9.17, 15) is 9.59 Å². The van der Waals surface area contributed by atoms with Gasteiger partial charge in [0.15, 0.2) is 5.54 Å². The van der Waals surface area contributed by atoms with E-state index in [4.69, 9.17) is 0 Å². The van der Waals surface area contributed by atoms with E-state index in [0.29, 0.717) is 18.7 Å². The Morgan fingerprint density at radius 1 is 1.33 bits per heavy atom. The van der Waals surface area contributed by atoms with Gasteiger partial charge in [-0.25, -0.2) is 0 Å². The summed E-state index contributed by atoms with van der Waals surface area (Å²) in [6.07, 6.45) is 9.12. The van der Waals surface area contributed by atoms with Crippen LogP contribution >= 0.6 is 0 Å². The first kappa shape index (κ1) is 14.0. The largest absolute Gasteiger partial charge is 0.357 e. The predicted octanol–water partition coefficient (Wildman–Crippen LogP) is 0.840. The van der Waals surface area contributed by atoms with Crippen LogP contribution < -0.4 is 5.32 Å². The molecule has 1 saturated heterocycles. The molecule has 0 bridgehead atoms. The molecule has 1 aliphatic heterocycles. The van der Waals surface area contributed by atoms with Gasteiger partial charge in [-0.05, 0) is 25.7 Å². The van der Waals surface area contributed by atoms with Crippen molar-refractivity contribution in [2.24, 2.45) is 5.92 Å². The van der Waals surface area contributed by atoms with Crippen molar-refractivity contribution in [3.63, 3.8) is 0 Å². The molecule has 21 heavy (non-hydrogen) atoms. The number of likely N-dealkylation sites (N-methyl/N-ethyl adjacent to an activating group) is 1. The molecule has 1 aliphatic carbocycles. The highest BCUT2D eigenvalue weighted by atomic mass is 16.2. The van der Waals surface area contributed by atoms with Gasteiger partial charge in [-0.3, -0.25) is 19.6 Å². The van der Waals surface area contributed by atoms with Crippen molar-refractivity contribution in [2.75, 3.05) is 13.6 Å². The molecule has 1 N–H and O–H groups in total. The zero-order chi connectivity index (χ0) is 14.9. The van der Waals surface area contributed by atoms with Crippen LogP contribution in [-0.2, 0) is 15.1 Å². The zero-order valence-electron chi connectivity index (χ0n) is 12.2. The Balaban J connectivity index is 2.01. The van der Waals surface area contributed by atoms with Crippen LogP contribution in [-0.4, -0.2) is 40.3 Å². The number of likely N-dealkylation sites (tertiary alicyclic amines) is 1. The number of rotatable bonds is 3. The van der Waals surface area contributed by atoms with Gasteiger partial charge in [-0.2, -0.15) is 0 Å². The van der Waals surface area contributed by atoms with E-state index in [2.05, 4.69) is 15.3 Å². The van der Waals surface area contributed by atoms with Crippen molar-refractivity contribution in [2.45, 2.75) is 37.6 Å². The summed E-state index contributed by atoms with van der Waals surface area (Å²) in [5.74, 6) is -0.00928. The van der Waals surface area contributed by atoms with Crippen LogP contribution in [0.5, 0.6) is 0 Å². The lowest BCUT2D eigenvalue weighted by Gasteiger charge is -2.39. The van der Waals surface area contributed by atoms with E-state index >= 15 is 0 Å². The van der Waals surface area contributed by atoms with Crippen LogP contribution in [0.4, 0.5) is 0 Å². The lowest BCUT2D eigenvalue weighted by atomic mass is 9.82. The van der Waals surface area contributed by atoms with E-state index in [1.165, 1.54) is 0 Å². The summed E-state index contributed by atoms with van der Waals surface area (Å²) in [4.78, 5) is 35.5. The number of carbonyl (C=O) groups is 2. The van der Waals surface area contributed by atoms with E-state index in [-0.39, 0.29) is 17.7 Å². The highest BCUT2D eigenvalue weighted by molar-refractivity contribution is 5.93. The summed E-state index contributed by atoms with van der Waals surface area (Å²) in [5.41, 5.74) is -0.426. The Morgan fingerprint density at radius 3 is 2.71 bits per heavy atom. The summed E-state index contributed by atoms with van der Waals surface area (Å²) in [6.45, 7) is 0.610. The molecule has 2 aliphatic rings. The van der Waals surface area contributed by atoms with Gasteiger partial charge in [-0.1, -0.05) is 6.42 Å². The van der Waals surface area contributed by atoms with Gasteiger partial charge in [0.25, 0.3) is 5.91 Å². The lowest BCUT2D eigenvalue weighted by molar-refractivity contribution is -0.150. The molecule has 6 nitrogen and oxygen atoms in total. The molecule has 2 heterocycles. The van der Waals surface area contributed by atoms with E-state index in [0.717, 1.165) is 25.7 Å². The fraction of sp³-hybridized carbons (Fsp3) is 0.600. The van der Waals surface area contributed by atoms with Gasteiger partial charge in [-0.15, -0.1) is 0 Å². The highest BCUT2D eigenvalue weighted by Crippen LogP contribution is 2.41. The van der Waals surface area contributed by atoms with Gasteiger partial charge < -0.3 is 10.2 Å². The van der Waals surface area contributed by atoms with Crippen molar-refractivity contribution < 1.29 is 9.59 Å². The van der Waals surface area contributed by atoms with Crippen LogP contribution in [0.15, 0.2) is 18.6 Å². The summed E-state index contributed by atoms with van der Waals surface area (Å²) >= 11 is 0. The smallest absolute Gasteiger partial charge is 0.252 e. The van der Waals surface area contributed by atoms with E-state index < -0.39 is 5.54 Å². The fourth-order valence-electron chi connectivity index (χ4n) is 3.33. The standard InChI is InChI=1S/C15H20N4O2/c1-16-14(21)15(12-10-17-7-8-18-12)6-3-9-19(15)13(20)11-4-2-5-11/h7-8,10-11H,2-6,9H2,1H3,(H,16,21)/t15-/m1/s1. The Morgan fingerprint density at radius 2 is 2.14 bits per heavy atom. The maximum absolute atomic E-state index is 12.7. The quantitative estimate of drug-likeness (QED) is 0.894. The number of aromatic nitrogens is 2. The lowest BCUT2D eigenvalue weighted by Crippen LogP contribution is -2.56. The number of hydrogen-bond acceptors (Lipinski definition) is 4. The highest BCUT2D eigenvalue weighted by Gasteiger charge is 2.53. The maximum Gasteiger partial charge on any atom is 0.252 e. The third-order valence-corrected chi connectivity index (χ3v) is 4.69. The van der Waals surface area contributed by atoms with Gasteiger partial charge in [0.2, 0.25) is 5.91 Å². The molecule has 0 spiro atoms. The number of carbonyl (C=O) groups excluding carboxylic acids is 2. The summed E-state index contributed by atoms with van der Waals surface area (Å²) in [5, 5.41) is 2.71. The van der Waals surface area contributed by atoms with Crippen molar-refractivity contribution in [3.05, 3.63) is 24.3 Å². The minimum atomic E-state index is -0.990. The van der Waals surface area contributed by atoms with Crippen LogP contribution in [0.1, 0.15) is 37.8 Å². The number of amides is 2. The molecule has 112 valence electrons. The minimum Gasteiger partial charge on any atom is -0.357 e. The van der Waals surface area contributed by atoms with Crippen molar-refractivity contribution in [1.29, 1.82) is 0 Å². The molecular formula is C15H20N4O2. The number of nitrogens with zero attached hydrogens (tertiary/aromatic N) is 3. The molecule has 2 amide bonds. The first-order valence-electron chi connectivity index (χ1n) is 7.50. The molecular weight excluding hydrogens is 268 g/mol. The second kappa shape index (κ2) is 5.42. The van der Waals surface area contributed by atoms with E-state index in [1.54, 1.807) is 30.5 Å². The molecule has 0 unspecified atom stereocenters. The van der Waals surface area contributed by atoms with Crippen LogP contribution in [0, 0.1) is 5.92 Å². The molecule has 3 rings (SSSR count). The van der Waals surface area contributed by atoms with E-state index in [1.807, 2.05) is 0 Å². The Labute approximate surface area is 124 Å². The van der Waals surface area contributed by atoms with Gasteiger partial charge in [0.1, 0.15) is 0 Å². The fourth-order valence-corrected chi connectivity index (χ4v) is 3.33. The molecule has 0 radical (unpaired) electrons. The second-order valence-electron chi connectivity index (χ2n) is 5.75. The molecule has 6 heteroatoms. The Bertz CT molecular complexity index is 544. The molecule has 2 fully saturated rings. The predicted molar refractivity (Wildman–Crippen MR) is 76.1 cm³/mol. The van der Waals surface area contributed by atoms with Gasteiger partial charge in [0.05, 0.1) is 11.9 Å². The number of nitrogens with one attached hydrogen (secondary N) is 1. The van der Waals surface area contributed by atoms with Crippen molar-refractivity contribution >= 4 is 11.8 Å². The molecule has 0 aromatic carbocycles. The van der Waals surface area contributed by atoms with Crippen LogP contribution in [0.25, 0.3) is 0 Å². The summed E-state index contributed by atoms with van der Waals surface area (Å²) in [7, 11) is 1.60. The maximum atomic E-state index is 12.7. The minimum absolute atomic E-state index is 0.0730. The molecule has 1 aromatic rings. The average Bonchev–Trinajstić information content (AvgIpc) is 2.91.